The van der Waals surface area contributed by atoms with Crippen molar-refractivity contribution >= 4 is 11.5 Å². The molecule has 1 aromatic heterocycles. The summed E-state index contributed by atoms with van der Waals surface area (Å²) in [6.07, 6.45) is 14.4. The molecule has 4 aliphatic carbocycles. The molecular formula is C26H32O4. The van der Waals surface area contributed by atoms with E-state index < -0.39 is 0 Å². The van der Waals surface area contributed by atoms with Gasteiger partial charge in [0.15, 0.2) is 0 Å². The van der Waals surface area contributed by atoms with Gasteiger partial charge in [-0.3, -0.25) is 4.79 Å². The highest BCUT2D eigenvalue weighted by molar-refractivity contribution is 5.78. The standard InChI is InChI=1S/C26H32O4/c1-16(27)30-19-10-12-25(2)18(14-19)5-6-20-22-8-7-21(17-4-9-24(28)29-15-17)26(22,3)13-11-23(20)25/h4,7-9,15,18-20,23H,5-6,10-14H2,1-3H3. The lowest BCUT2D eigenvalue weighted by Crippen LogP contribution is -2.51. The fraction of sp³-hybridized carbons (Fsp3) is 0.615. The first kappa shape index (κ1) is 19.8. The largest absolute Gasteiger partial charge is 0.463 e. The molecule has 4 aliphatic rings. The Labute approximate surface area is 178 Å². The summed E-state index contributed by atoms with van der Waals surface area (Å²) >= 11 is 0. The number of carbonyl (C=O) groups is 1. The number of fused-ring (bicyclic) bond motifs is 5. The second-order valence-electron chi connectivity index (χ2n) is 10.4. The van der Waals surface area contributed by atoms with Crippen molar-refractivity contribution in [2.75, 3.05) is 0 Å². The van der Waals surface area contributed by atoms with Gasteiger partial charge in [-0.1, -0.05) is 31.6 Å². The van der Waals surface area contributed by atoms with Crippen LogP contribution in [0.3, 0.4) is 0 Å². The van der Waals surface area contributed by atoms with Gasteiger partial charge >= 0.3 is 11.6 Å². The Kier molecular flexibility index (Phi) is 4.61. The quantitative estimate of drug-likeness (QED) is 0.604. The minimum absolute atomic E-state index is 0.0409. The summed E-state index contributed by atoms with van der Waals surface area (Å²) in [5.41, 5.74) is 3.99. The summed E-state index contributed by atoms with van der Waals surface area (Å²) < 4.78 is 10.8. The van der Waals surface area contributed by atoms with Crippen LogP contribution in [0.15, 0.2) is 45.3 Å². The van der Waals surface area contributed by atoms with E-state index in [0.29, 0.717) is 23.2 Å². The second kappa shape index (κ2) is 6.96. The molecule has 1 aromatic rings. The maximum absolute atomic E-state index is 11.4. The molecule has 0 aromatic carbocycles. The Bertz CT molecular complexity index is 964. The molecule has 3 fully saturated rings. The lowest BCUT2D eigenvalue weighted by molar-refractivity contribution is -0.154. The first-order chi connectivity index (χ1) is 14.3. The molecule has 160 valence electrons. The third kappa shape index (κ3) is 2.94. The second-order valence-corrected chi connectivity index (χ2v) is 10.4. The van der Waals surface area contributed by atoms with Crippen molar-refractivity contribution in [3.63, 3.8) is 0 Å². The third-order valence-corrected chi connectivity index (χ3v) is 9.00. The smallest absolute Gasteiger partial charge is 0.335 e. The van der Waals surface area contributed by atoms with Crippen molar-refractivity contribution in [2.24, 2.45) is 28.6 Å². The van der Waals surface area contributed by atoms with Gasteiger partial charge in [0, 0.05) is 24.0 Å². The van der Waals surface area contributed by atoms with E-state index in [0.717, 1.165) is 31.2 Å². The highest BCUT2D eigenvalue weighted by atomic mass is 16.5. The Morgan fingerprint density at radius 2 is 1.93 bits per heavy atom. The number of esters is 1. The van der Waals surface area contributed by atoms with Gasteiger partial charge in [0.1, 0.15) is 12.4 Å². The molecule has 0 spiro atoms. The molecular weight excluding hydrogens is 376 g/mol. The van der Waals surface area contributed by atoms with Crippen LogP contribution in [0.25, 0.3) is 5.57 Å². The topological polar surface area (TPSA) is 56.5 Å². The molecule has 5 rings (SSSR count). The van der Waals surface area contributed by atoms with Crippen LogP contribution < -0.4 is 5.63 Å². The lowest BCUT2D eigenvalue weighted by Gasteiger charge is -2.59. The van der Waals surface area contributed by atoms with Crippen molar-refractivity contribution in [2.45, 2.75) is 71.8 Å². The summed E-state index contributed by atoms with van der Waals surface area (Å²) in [5, 5.41) is 0. The van der Waals surface area contributed by atoms with E-state index in [1.54, 1.807) is 11.8 Å². The van der Waals surface area contributed by atoms with Gasteiger partial charge in [-0.15, -0.1) is 0 Å². The monoisotopic (exact) mass is 408 g/mol. The normalized spacial score (nSPS) is 39.8. The van der Waals surface area contributed by atoms with Gasteiger partial charge in [-0.25, -0.2) is 4.79 Å². The maximum Gasteiger partial charge on any atom is 0.335 e. The van der Waals surface area contributed by atoms with Crippen LogP contribution in [0.5, 0.6) is 0 Å². The zero-order chi connectivity index (χ0) is 21.1. The first-order valence-electron chi connectivity index (χ1n) is 11.5. The Hall–Kier alpha value is -2.10. The Morgan fingerprint density at radius 1 is 1.10 bits per heavy atom. The van der Waals surface area contributed by atoms with Crippen LogP contribution in [0.1, 0.15) is 71.3 Å². The fourth-order valence-corrected chi connectivity index (χ4v) is 7.48. The molecule has 6 atom stereocenters. The molecule has 0 amide bonds. The van der Waals surface area contributed by atoms with Crippen molar-refractivity contribution in [1.29, 1.82) is 0 Å². The SMILES string of the molecule is CC(=O)OC1CCC2(C)C(CCC3C4=CC=C(c5ccc(=O)oc5)C4(C)CCC32)C1. The number of hydrogen-bond acceptors (Lipinski definition) is 4. The van der Waals surface area contributed by atoms with E-state index in [9.17, 15) is 9.59 Å². The summed E-state index contributed by atoms with van der Waals surface area (Å²) in [7, 11) is 0. The molecule has 0 radical (unpaired) electrons. The van der Waals surface area contributed by atoms with Gasteiger partial charge in [-0.2, -0.15) is 0 Å². The van der Waals surface area contributed by atoms with E-state index >= 15 is 0 Å². The molecule has 1 heterocycles. The molecule has 0 bridgehead atoms. The molecule has 3 saturated carbocycles. The van der Waals surface area contributed by atoms with E-state index in [-0.39, 0.29) is 23.1 Å². The zero-order valence-corrected chi connectivity index (χ0v) is 18.3. The van der Waals surface area contributed by atoms with Crippen molar-refractivity contribution in [3.8, 4) is 0 Å². The van der Waals surface area contributed by atoms with E-state index in [4.69, 9.17) is 9.15 Å². The highest BCUT2D eigenvalue weighted by Gasteiger charge is 2.56. The lowest BCUT2D eigenvalue weighted by atomic mass is 9.46. The van der Waals surface area contributed by atoms with E-state index in [1.165, 1.54) is 37.8 Å². The number of rotatable bonds is 2. The molecule has 6 unspecified atom stereocenters. The molecule has 30 heavy (non-hydrogen) atoms. The number of ether oxygens (including phenoxy) is 1. The van der Waals surface area contributed by atoms with Gasteiger partial charge < -0.3 is 9.15 Å². The molecule has 4 heteroatoms. The molecule has 4 nitrogen and oxygen atoms in total. The van der Waals surface area contributed by atoms with E-state index in [1.807, 2.05) is 6.07 Å². The van der Waals surface area contributed by atoms with Crippen LogP contribution in [-0.4, -0.2) is 12.1 Å². The predicted molar refractivity (Wildman–Crippen MR) is 116 cm³/mol. The molecule has 0 aliphatic heterocycles. The average Bonchev–Trinajstić information content (AvgIpc) is 3.06. The summed E-state index contributed by atoms with van der Waals surface area (Å²) in [4.78, 5) is 22.9. The van der Waals surface area contributed by atoms with Crippen LogP contribution in [0.4, 0.5) is 0 Å². The summed E-state index contributed by atoms with van der Waals surface area (Å²) in [6, 6.07) is 3.43. The van der Waals surface area contributed by atoms with Crippen molar-refractivity contribution in [1.82, 2.24) is 0 Å². The van der Waals surface area contributed by atoms with Crippen LogP contribution in [0.2, 0.25) is 0 Å². The number of allylic oxidation sites excluding steroid dienone is 4. The van der Waals surface area contributed by atoms with Gasteiger partial charge in [0.05, 0.1) is 0 Å². The minimum Gasteiger partial charge on any atom is -0.463 e. The highest BCUT2D eigenvalue weighted by Crippen LogP contribution is 2.66. The predicted octanol–water partition coefficient (Wildman–Crippen LogP) is 5.53. The number of carbonyl (C=O) groups excluding carboxylic acids is 1. The van der Waals surface area contributed by atoms with Gasteiger partial charge in [-0.05, 0) is 79.8 Å². The third-order valence-electron chi connectivity index (χ3n) is 9.00. The minimum atomic E-state index is -0.296. The zero-order valence-electron chi connectivity index (χ0n) is 18.3. The Balaban J connectivity index is 1.38. The van der Waals surface area contributed by atoms with Crippen molar-refractivity contribution in [3.05, 3.63) is 52.1 Å². The van der Waals surface area contributed by atoms with E-state index in [2.05, 4.69) is 26.0 Å². The van der Waals surface area contributed by atoms with Crippen LogP contribution >= 0.6 is 0 Å². The first-order valence-corrected chi connectivity index (χ1v) is 11.5. The fourth-order valence-electron chi connectivity index (χ4n) is 7.48. The van der Waals surface area contributed by atoms with Gasteiger partial charge in [0.25, 0.3) is 0 Å². The van der Waals surface area contributed by atoms with Crippen molar-refractivity contribution < 1.29 is 13.9 Å². The number of hydrogen-bond donors (Lipinski definition) is 0. The summed E-state index contributed by atoms with van der Waals surface area (Å²) in [5.74, 6) is 1.84. The van der Waals surface area contributed by atoms with Crippen LogP contribution in [0, 0.1) is 28.6 Å². The molecule has 0 saturated heterocycles. The Morgan fingerprint density at radius 3 is 2.67 bits per heavy atom. The average molecular weight is 409 g/mol. The van der Waals surface area contributed by atoms with Gasteiger partial charge in [0.2, 0.25) is 0 Å². The summed E-state index contributed by atoms with van der Waals surface area (Å²) in [6.45, 7) is 6.42. The molecule has 0 N–H and O–H groups in total. The van der Waals surface area contributed by atoms with Crippen LogP contribution in [-0.2, 0) is 9.53 Å². The maximum atomic E-state index is 11.4.